The van der Waals surface area contributed by atoms with Crippen molar-refractivity contribution in [1.82, 2.24) is 5.32 Å². The number of benzene rings is 1. The Hall–Kier alpha value is -1.06. The van der Waals surface area contributed by atoms with Crippen LogP contribution in [-0.4, -0.2) is 32.4 Å². The van der Waals surface area contributed by atoms with Crippen LogP contribution in [0.15, 0.2) is 24.3 Å². The van der Waals surface area contributed by atoms with Crippen molar-refractivity contribution < 1.29 is 9.47 Å². The maximum atomic E-state index is 5.71. The molecule has 0 spiro atoms. The molecule has 2 aliphatic rings. The van der Waals surface area contributed by atoms with Crippen LogP contribution in [0.3, 0.4) is 0 Å². The highest BCUT2D eigenvalue weighted by atomic mass is 16.5. The predicted molar refractivity (Wildman–Crippen MR) is 75.7 cm³/mol. The fraction of sp³-hybridized carbons (Fsp3) is 0.625. The fourth-order valence-electron chi connectivity index (χ4n) is 3.07. The fourth-order valence-corrected chi connectivity index (χ4v) is 3.07. The normalized spacial score (nSPS) is 27.6. The molecule has 0 aliphatic carbocycles. The van der Waals surface area contributed by atoms with Gasteiger partial charge in [0.15, 0.2) is 0 Å². The zero-order valence-corrected chi connectivity index (χ0v) is 11.6. The molecular formula is C16H23NO2. The summed E-state index contributed by atoms with van der Waals surface area (Å²) < 4.78 is 11.2. The molecule has 0 aromatic heterocycles. The molecule has 2 heterocycles. The highest BCUT2D eigenvalue weighted by molar-refractivity contribution is 5.37. The number of nitrogens with one attached hydrogen (secondary N) is 1. The van der Waals surface area contributed by atoms with Crippen molar-refractivity contribution in [3.05, 3.63) is 29.8 Å². The first-order valence-corrected chi connectivity index (χ1v) is 7.37. The highest BCUT2D eigenvalue weighted by Gasteiger charge is 2.25. The summed E-state index contributed by atoms with van der Waals surface area (Å²) >= 11 is 0. The second kappa shape index (κ2) is 5.93. The van der Waals surface area contributed by atoms with E-state index >= 15 is 0 Å². The quantitative estimate of drug-likeness (QED) is 0.903. The van der Waals surface area contributed by atoms with Crippen molar-refractivity contribution in [2.75, 3.05) is 26.4 Å². The largest absolute Gasteiger partial charge is 0.493 e. The summed E-state index contributed by atoms with van der Waals surface area (Å²) in [5, 5.41) is 3.70. The van der Waals surface area contributed by atoms with E-state index < -0.39 is 0 Å². The van der Waals surface area contributed by atoms with Gasteiger partial charge in [0, 0.05) is 25.1 Å². The van der Waals surface area contributed by atoms with E-state index in [2.05, 4.69) is 30.4 Å². The Labute approximate surface area is 115 Å². The highest BCUT2D eigenvalue weighted by Crippen LogP contribution is 2.33. The maximum Gasteiger partial charge on any atom is 0.122 e. The van der Waals surface area contributed by atoms with Gasteiger partial charge in [0.1, 0.15) is 5.75 Å². The molecule has 1 saturated heterocycles. The Kier molecular flexibility index (Phi) is 4.04. The molecule has 0 radical (unpaired) electrons. The zero-order valence-electron chi connectivity index (χ0n) is 11.6. The van der Waals surface area contributed by atoms with Crippen molar-refractivity contribution in [3.8, 4) is 5.75 Å². The lowest BCUT2D eigenvalue weighted by Crippen LogP contribution is -2.37. The van der Waals surface area contributed by atoms with Crippen LogP contribution < -0.4 is 10.1 Å². The first-order chi connectivity index (χ1) is 9.34. The van der Waals surface area contributed by atoms with Gasteiger partial charge in [-0.15, -0.1) is 0 Å². The van der Waals surface area contributed by atoms with Gasteiger partial charge < -0.3 is 14.8 Å². The minimum atomic E-state index is 0.539. The number of hydrogen-bond acceptors (Lipinski definition) is 3. The SMILES string of the molecule is CC(NCC1CCOc2ccccc21)C1CCOC1. The molecule has 0 saturated carbocycles. The Bertz CT molecular complexity index is 415. The Morgan fingerprint density at radius 2 is 2.16 bits per heavy atom. The molecular weight excluding hydrogens is 238 g/mol. The van der Waals surface area contributed by atoms with Crippen molar-refractivity contribution in [2.45, 2.75) is 31.7 Å². The lowest BCUT2D eigenvalue weighted by atomic mass is 9.92. The van der Waals surface area contributed by atoms with Gasteiger partial charge in [-0.05, 0) is 37.3 Å². The minimum Gasteiger partial charge on any atom is -0.493 e. The third-order valence-electron chi connectivity index (χ3n) is 4.44. The van der Waals surface area contributed by atoms with E-state index in [9.17, 15) is 0 Å². The van der Waals surface area contributed by atoms with Gasteiger partial charge >= 0.3 is 0 Å². The van der Waals surface area contributed by atoms with E-state index in [-0.39, 0.29) is 0 Å². The monoisotopic (exact) mass is 261 g/mol. The number of hydrogen-bond donors (Lipinski definition) is 1. The molecule has 1 aromatic rings. The molecule has 0 amide bonds. The summed E-state index contributed by atoms with van der Waals surface area (Å²) in [5.41, 5.74) is 1.36. The second-order valence-corrected chi connectivity index (χ2v) is 5.69. The van der Waals surface area contributed by atoms with Gasteiger partial charge in [0.05, 0.1) is 13.2 Å². The third-order valence-corrected chi connectivity index (χ3v) is 4.44. The third kappa shape index (κ3) is 2.93. The molecule has 1 aromatic carbocycles. The summed E-state index contributed by atoms with van der Waals surface area (Å²) in [4.78, 5) is 0. The molecule has 3 unspecified atom stereocenters. The summed E-state index contributed by atoms with van der Waals surface area (Å²) in [6, 6.07) is 8.97. The van der Waals surface area contributed by atoms with Crippen molar-refractivity contribution in [2.24, 2.45) is 5.92 Å². The van der Waals surface area contributed by atoms with E-state index in [0.717, 1.165) is 38.5 Å². The Morgan fingerprint density at radius 3 is 3.00 bits per heavy atom. The number of fused-ring (bicyclic) bond motifs is 1. The van der Waals surface area contributed by atoms with Crippen LogP contribution in [0.25, 0.3) is 0 Å². The standard InChI is InChI=1S/C16H23NO2/c1-12(14-6-8-18-11-14)17-10-13-7-9-19-16-5-3-2-4-15(13)16/h2-5,12-14,17H,6-11H2,1H3. The second-order valence-electron chi connectivity index (χ2n) is 5.69. The van der Waals surface area contributed by atoms with E-state index in [1.165, 1.54) is 12.0 Å². The average molecular weight is 261 g/mol. The van der Waals surface area contributed by atoms with Crippen LogP contribution in [0.4, 0.5) is 0 Å². The van der Waals surface area contributed by atoms with E-state index in [4.69, 9.17) is 9.47 Å². The molecule has 19 heavy (non-hydrogen) atoms. The van der Waals surface area contributed by atoms with Crippen molar-refractivity contribution in [1.29, 1.82) is 0 Å². The number of rotatable bonds is 4. The molecule has 3 nitrogen and oxygen atoms in total. The molecule has 1 N–H and O–H groups in total. The van der Waals surface area contributed by atoms with E-state index in [0.29, 0.717) is 17.9 Å². The molecule has 3 atom stereocenters. The molecule has 0 bridgehead atoms. The predicted octanol–water partition coefficient (Wildman–Crippen LogP) is 2.57. The van der Waals surface area contributed by atoms with Crippen LogP contribution in [0.5, 0.6) is 5.75 Å². The van der Waals surface area contributed by atoms with Crippen LogP contribution in [-0.2, 0) is 4.74 Å². The van der Waals surface area contributed by atoms with E-state index in [1.807, 2.05) is 6.07 Å². The smallest absolute Gasteiger partial charge is 0.122 e. The molecule has 3 rings (SSSR count). The van der Waals surface area contributed by atoms with Gasteiger partial charge in [-0.25, -0.2) is 0 Å². The van der Waals surface area contributed by atoms with Crippen LogP contribution in [0, 0.1) is 5.92 Å². The van der Waals surface area contributed by atoms with Gasteiger partial charge in [0.2, 0.25) is 0 Å². The summed E-state index contributed by atoms with van der Waals surface area (Å²) in [6.07, 6.45) is 2.30. The summed E-state index contributed by atoms with van der Waals surface area (Å²) in [7, 11) is 0. The molecule has 2 aliphatic heterocycles. The van der Waals surface area contributed by atoms with Gasteiger partial charge in [-0.3, -0.25) is 0 Å². The Balaban J connectivity index is 1.58. The van der Waals surface area contributed by atoms with Gasteiger partial charge in [-0.2, -0.15) is 0 Å². The first-order valence-electron chi connectivity index (χ1n) is 7.37. The van der Waals surface area contributed by atoms with Crippen LogP contribution >= 0.6 is 0 Å². The average Bonchev–Trinajstić information content (AvgIpc) is 2.99. The lowest BCUT2D eigenvalue weighted by molar-refractivity contribution is 0.177. The maximum absolute atomic E-state index is 5.71. The molecule has 104 valence electrons. The topological polar surface area (TPSA) is 30.5 Å². The first kappa shape index (κ1) is 12.9. The van der Waals surface area contributed by atoms with Crippen LogP contribution in [0.2, 0.25) is 0 Å². The lowest BCUT2D eigenvalue weighted by Gasteiger charge is -2.28. The number of para-hydroxylation sites is 1. The zero-order chi connectivity index (χ0) is 13.1. The summed E-state index contributed by atoms with van der Waals surface area (Å²) in [5.74, 6) is 2.32. The Morgan fingerprint density at radius 1 is 1.26 bits per heavy atom. The van der Waals surface area contributed by atoms with Gasteiger partial charge in [0.25, 0.3) is 0 Å². The van der Waals surface area contributed by atoms with Crippen molar-refractivity contribution >= 4 is 0 Å². The van der Waals surface area contributed by atoms with Crippen molar-refractivity contribution in [3.63, 3.8) is 0 Å². The van der Waals surface area contributed by atoms with Gasteiger partial charge in [-0.1, -0.05) is 18.2 Å². The van der Waals surface area contributed by atoms with Crippen LogP contribution in [0.1, 0.15) is 31.2 Å². The number of ether oxygens (including phenoxy) is 2. The minimum absolute atomic E-state index is 0.539. The molecule has 1 fully saturated rings. The van der Waals surface area contributed by atoms with E-state index in [1.54, 1.807) is 0 Å². The molecule has 3 heteroatoms. The summed E-state index contributed by atoms with van der Waals surface area (Å²) in [6.45, 7) is 6.00.